The third-order valence-electron chi connectivity index (χ3n) is 7.83. The number of anilines is 2. The summed E-state index contributed by atoms with van der Waals surface area (Å²) < 4.78 is 57.7. The van der Waals surface area contributed by atoms with E-state index in [1.165, 1.54) is 28.1 Å². The lowest BCUT2D eigenvalue weighted by molar-refractivity contribution is -0.0493. The third kappa shape index (κ3) is 5.71. The van der Waals surface area contributed by atoms with Crippen LogP contribution in [0, 0.1) is 0 Å². The van der Waals surface area contributed by atoms with Crippen LogP contribution in [0.1, 0.15) is 32.2 Å². The fourth-order valence-corrected chi connectivity index (χ4v) is 7.76. The number of hydrogen-bond donors (Lipinski definition) is 7. The second-order valence-electron chi connectivity index (χ2n) is 10.9. The number of nitrogens with one attached hydrogen (secondary N) is 2. The molecule has 4 aromatic heterocycles. The van der Waals surface area contributed by atoms with Gasteiger partial charge in [0.1, 0.15) is 48.8 Å². The molecule has 0 amide bonds. The standard InChI is InChI=1S/C23H29N11O11P2/c1-2-3-9-10-4-42-47(39,40)45-16-11(44-22(15(16)35)33-7-28-13-17(24)26-6-27-18(13)33)5-41-46(37,38)32-12(9)21(43-10)34-8-29-14-19(34)30-23(25)31-20(14)36/h6-8,11-12,15-16,21-22,35H,2-5H2,1H3,(H,39,40)(H2,24,26,27)(H2,32,37,38)(H3,25,30,31,36)/t11-,12?,15?,16?,21-,22-/m1/s1. The molecule has 5 unspecified atom stereocenters. The molecule has 0 radical (unpaired) electrons. The SMILES string of the molecule is CCCC1=C2COP(=O)(O)OC3C(O)[C@H](n4cnc5c(N)ncnc54)O[C@@H]3COP(=O)(O)NC1[C@H](n1cnc3c(=O)[nH]c(N)nc31)O2. The van der Waals surface area contributed by atoms with Gasteiger partial charge < -0.3 is 35.8 Å². The first kappa shape index (κ1) is 31.8. The molecule has 2 bridgehead atoms. The lowest BCUT2D eigenvalue weighted by Crippen LogP contribution is -2.38. The smallest absolute Gasteiger partial charge is 0.470 e. The lowest BCUT2D eigenvalue weighted by atomic mass is 10.0. The maximum atomic E-state index is 13.6. The second-order valence-corrected chi connectivity index (χ2v) is 13.8. The molecule has 3 aliphatic heterocycles. The Morgan fingerprint density at radius 1 is 1.04 bits per heavy atom. The van der Waals surface area contributed by atoms with Gasteiger partial charge in [-0.25, -0.2) is 34.2 Å². The van der Waals surface area contributed by atoms with Gasteiger partial charge in [0, 0.05) is 0 Å². The summed E-state index contributed by atoms with van der Waals surface area (Å²) in [4.78, 5) is 57.0. The van der Waals surface area contributed by atoms with Gasteiger partial charge >= 0.3 is 15.6 Å². The second kappa shape index (κ2) is 11.7. The van der Waals surface area contributed by atoms with Crippen molar-refractivity contribution in [2.75, 3.05) is 24.7 Å². The number of hydrogen-bond acceptors (Lipinski definition) is 16. The fourth-order valence-electron chi connectivity index (χ4n) is 5.80. The van der Waals surface area contributed by atoms with E-state index in [0.717, 1.165) is 0 Å². The summed E-state index contributed by atoms with van der Waals surface area (Å²) >= 11 is 0. The molecule has 3 aliphatic rings. The molecule has 22 nitrogen and oxygen atoms in total. The average Bonchev–Trinajstić information content (AvgIpc) is 3.76. The number of imidazole rings is 2. The van der Waals surface area contributed by atoms with Crippen molar-refractivity contribution in [3.8, 4) is 0 Å². The van der Waals surface area contributed by atoms with Crippen molar-refractivity contribution in [1.82, 2.24) is 44.1 Å². The first-order chi connectivity index (χ1) is 22.4. The van der Waals surface area contributed by atoms with Gasteiger partial charge in [-0.05, 0) is 12.0 Å². The molecule has 1 saturated heterocycles. The van der Waals surface area contributed by atoms with Gasteiger partial charge in [0.25, 0.3) is 5.56 Å². The van der Waals surface area contributed by atoms with Crippen LogP contribution in [0.2, 0.25) is 0 Å². The number of H-pyrrole nitrogens is 1. The number of ether oxygens (including phenoxy) is 2. The zero-order chi connectivity index (χ0) is 33.2. The number of aromatic nitrogens is 8. The molecule has 0 spiro atoms. The fraction of sp³-hybridized carbons (Fsp3) is 0.478. The molecule has 252 valence electrons. The number of nitrogens with zero attached hydrogens (tertiary/aromatic N) is 7. The topological polar surface area (TPSA) is 312 Å². The molecular formula is C23H29N11O11P2. The Morgan fingerprint density at radius 2 is 1.79 bits per heavy atom. The highest BCUT2D eigenvalue weighted by molar-refractivity contribution is 7.50. The molecule has 8 atom stereocenters. The molecule has 0 aromatic carbocycles. The number of phosphoric acid groups is 1. The van der Waals surface area contributed by atoms with Crippen molar-refractivity contribution in [3.63, 3.8) is 0 Å². The van der Waals surface area contributed by atoms with E-state index in [0.29, 0.717) is 12.0 Å². The normalized spacial score (nSPS) is 33.4. The molecule has 24 heteroatoms. The summed E-state index contributed by atoms with van der Waals surface area (Å²) in [5.41, 5.74) is 11.7. The Labute approximate surface area is 262 Å². The van der Waals surface area contributed by atoms with Crippen molar-refractivity contribution < 1.29 is 47.1 Å². The van der Waals surface area contributed by atoms with Gasteiger partial charge in [-0.15, -0.1) is 0 Å². The summed E-state index contributed by atoms with van der Waals surface area (Å²) in [7, 11) is -9.75. The van der Waals surface area contributed by atoms with E-state index < -0.39 is 71.2 Å². The van der Waals surface area contributed by atoms with Crippen LogP contribution in [-0.4, -0.2) is 91.5 Å². The van der Waals surface area contributed by atoms with Crippen molar-refractivity contribution in [2.24, 2.45) is 0 Å². The Kier molecular flexibility index (Phi) is 7.91. The van der Waals surface area contributed by atoms with Gasteiger partial charge in [0.05, 0.1) is 19.0 Å². The molecule has 9 N–H and O–H groups in total. The Bertz CT molecular complexity index is 2050. The number of aliphatic hydroxyl groups excluding tert-OH is 1. The number of fused-ring (bicyclic) bond motifs is 4. The van der Waals surface area contributed by atoms with Gasteiger partial charge in [-0.1, -0.05) is 13.3 Å². The van der Waals surface area contributed by atoms with Gasteiger partial charge in [-0.2, -0.15) is 4.98 Å². The van der Waals surface area contributed by atoms with Crippen LogP contribution in [0.5, 0.6) is 0 Å². The lowest BCUT2D eigenvalue weighted by Gasteiger charge is -2.27. The molecule has 1 fully saturated rings. The van der Waals surface area contributed by atoms with E-state index in [-0.39, 0.29) is 46.3 Å². The number of nitrogens with two attached hydrogens (primary N) is 2. The zero-order valence-corrected chi connectivity index (χ0v) is 26.1. The summed E-state index contributed by atoms with van der Waals surface area (Å²) in [5.74, 6) is -0.114. The summed E-state index contributed by atoms with van der Waals surface area (Å²) in [6.45, 7) is 0.507. The van der Waals surface area contributed by atoms with Crippen LogP contribution in [0.15, 0.2) is 35.1 Å². The van der Waals surface area contributed by atoms with E-state index in [9.17, 15) is 28.8 Å². The Hall–Kier alpha value is -3.82. The minimum absolute atomic E-state index is 0.00770. The van der Waals surface area contributed by atoms with Crippen LogP contribution >= 0.6 is 15.6 Å². The van der Waals surface area contributed by atoms with Crippen LogP contribution in [0.3, 0.4) is 0 Å². The summed E-state index contributed by atoms with van der Waals surface area (Å²) in [6.07, 6.45) is -2.66. The molecule has 0 saturated carbocycles. The number of aromatic amines is 1. The Morgan fingerprint density at radius 3 is 2.55 bits per heavy atom. The summed E-state index contributed by atoms with van der Waals surface area (Å²) in [6, 6.07) is -1.12. The highest BCUT2D eigenvalue weighted by atomic mass is 31.2. The molecule has 7 rings (SSSR count). The van der Waals surface area contributed by atoms with E-state index in [4.69, 9.17) is 34.5 Å². The van der Waals surface area contributed by atoms with E-state index >= 15 is 0 Å². The monoisotopic (exact) mass is 697 g/mol. The van der Waals surface area contributed by atoms with Crippen molar-refractivity contribution in [1.29, 1.82) is 0 Å². The minimum Gasteiger partial charge on any atom is -0.470 e. The third-order valence-corrected chi connectivity index (χ3v) is 9.89. The number of aliphatic hydroxyl groups is 1. The predicted octanol–water partition coefficient (Wildman–Crippen LogP) is -0.444. The van der Waals surface area contributed by atoms with Gasteiger partial charge in [0.2, 0.25) is 5.95 Å². The van der Waals surface area contributed by atoms with Crippen LogP contribution < -0.4 is 22.1 Å². The maximum absolute atomic E-state index is 13.6. The molecular weight excluding hydrogens is 668 g/mol. The highest BCUT2D eigenvalue weighted by Crippen LogP contribution is 2.52. The first-order valence-corrected chi connectivity index (χ1v) is 17.2. The first-order valence-electron chi connectivity index (χ1n) is 14.1. The maximum Gasteiger partial charge on any atom is 0.473 e. The number of rotatable bonds is 4. The van der Waals surface area contributed by atoms with Crippen LogP contribution in [-0.2, 0) is 32.2 Å². The minimum atomic E-state index is -4.99. The summed E-state index contributed by atoms with van der Waals surface area (Å²) in [5, 5.41) is 13.8. The zero-order valence-electron chi connectivity index (χ0n) is 24.3. The van der Waals surface area contributed by atoms with Crippen molar-refractivity contribution in [3.05, 3.63) is 40.7 Å². The molecule has 7 heterocycles. The molecule has 0 aliphatic carbocycles. The van der Waals surface area contributed by atoms with Crippen molar-refractivity contribution in [2.45, 2.75) is 56.6 Å². The highest BCUT2D eigenvalue weighted by Gasteiger charge is 2.51. The van der Waals surface area contributed by atoms with Crippen LogP contribution in [0.25, 0.3) is 22.3 Å². The largest absolute Gasteiger partial charge is 0.473 e. The molecule has 4 aromatic rings. The quantitative estimate of drug-likeness (QED) is 0.133. The van der Waals surface area contributed by atoms with Crippen LogP contribution in [0.4, 0.5) is 11.8 Å². The predicted molar refractivity (Wildman–Crippen MR) is 158 cm³/mol. The van der Waals surface area contributed by atoms with Gasteiger partial charge in [-0.3, -0.25) is 32.5 Å². The van der Waals surface area contributed by atoms with E-state index in [1.807, 2.05) is 6.92 Å². The van der Waals surface area contributed by atoms with E-state index in [2.05, 4.69) is 35.0 Å². The van der Waals surface area contributed by atoms with Gasteiger partial charge in [0.15, 0.2) is 35.1 Å². The number of phosphoric ester groups is 1. The van der Waals surface area contributed by atoms with E-state index in [1.54, 1.807) is 0 Å². The van der Waals surface area contributed by atoms with Crippen molar-refractivity contribution >= 4 is 49.7 Å². The molecule has 47 heavy (non-hydrogen) atoms. The number of nitrogen functional groups attached to an aromatic ring is 2. The average molecular weight is 697 g/mol. The Balaban J connectivity index is 1.24.